The number of hydrogen-bond acceptors (Lipinski definition) is 3. The molecule has 4 heteroatoms. The molecule has 0 saturated carbocycles. The Morgan fingerprint density at radius 3 is 3.00 bits per heavy atom. The molecule has 0 aliphatic rings. The van der Waals surface area contributed by atoms with Gasteiger partial charge in [0, 0.05) is 11.8 Å². The Bertz CT molecular complexity index is 275. The summed E-state index contributed by atoms with van der Waals surface area (Å²) in [5.41, 5.74) is 0.918. The van der Waals surface area contributed by atoms with E-state index in [0.717, 1.165) is 10.6 Å². The van der Waals surface area contributed by atoms with E-state index in [4.69, 9.17) is 11.6 Å². The monoisotopic (exact) mass is 186 g/mol. The summed E-state index contributed by atoms with van der Waals surface area (Å²) in [5, 5.41) is 1.14. The first-order valence-corrected chi connectivity index (χ1v) is 4.57. The van der Waals surface area contributed by atoms with Crippen LogP contribution in [-0.4, -0.2) is 16.2 Å². The molecule has 2 nitrogen and oxygen atoms in total. The van der Waals surface area contributed by atoms with Crippen LogP contribution in [0.15, 0.2) is 17.8 Å². The molecule has 0 atom stereocenters. The molecule has 0 bridgehead atoms. The van der Waals surface area contributed by atoms with Gasteiger partial charge in [0.1, 0.15) is 5.03 Å². The molecule has 0 saturated heterocycles. The molecule has 0 radical (unpaired) electrons. The fraction of sp³-hybridized carbons (Fsp3) is 0.143. The zero-order valence-electron chi connectivity index (χ0n) is 6.04. The molecule has 0 amide bonds. The smallest absolute Gasteiger partial charge is 0.223 e. The van der Waals surface area contributed by atoms with Crippen molar-refractivity contribution in [1.29, 1.82) is 0 Å². The predicted octanol–water partition coefficient (Wildman–Crippen LogP) is 2.49. The molecular weight excluding hydrogens is 180 g/mol. The number of nitrogens with zero attached hydrogens (tertiary/aromatic N) is 2. The third kappa shape index (κ3) is 1.94. The molecule has 0 aliphatic heterocycles. The van der Waals surface area contributed by atoms with Gasteiger partial charge in [-0.2, -0.15) is 0 Å². The van der Waals surface area contributed by atoms with Crippen molar-refractivity contribution in [2.75, 3.05) is 6.26 Å². The Morgan fingerprint density at radius 1 is 1.73 bits per heavy atom. The topological polar surface area (TPSA) is 25.8 Å². The molecule has 0 fully saturated rings. The molecule has 1 rings (SSSR count). The number of hydrogen-bond donors (Lipinski definition) is 0. The lowest BCUT2D eigenvalue weighted by molar-refractivity contribution is 1.04. The second-order valence-electron chi connectivity index (χ2n) is 1.81. The summed E-state index contributed by atoms with van der Waals surface area (Å²) in [6.07, 6.45) is 5.31. The molecule has 1 aromatic heterocycles. The highest BCUT2D eigenvalue weighted by Gasteiger charge is 2.00. The van der Waals surface area contributed by atoms with Crippen LogP contribution in [0.1, 0.15) is 5.56 Å². The maximum Gasteiger partial charge on any atom is 0.223 e. The van der Waals surface area contributed by atoms with Gasteiger partial charge in [-0.25, -0.2) is 9.97 Å². The van der Waals surface area contributed by atoms with E-state index < -0.39 is 0 Å². The summed E-state index contributed by atoms with van der Waals surface area (Å²) in [6, 6.07) is 0. The summed E-state index contributed by atoms with van der Waals surface area (Å²) in [6.45, 7) is 3.63. The minimum Gasteiger partial charge on any atom is -0.226 e. The van der Waals surface area contributed by atoms with Crippen LogP contribution >= 0.6 is 23.4 Å². The molecule has 0 spiro atoms. The van der Waals surface area contributed by atoms with Crippen LogP contribution in [0.3, 0.4) is 0 Å². The molecular formula is C7H7ClN2S. The van der Waals surface area contributed by atoms with Gasteiger partial charge < -0.3 is 0 Å². The van der Waals surface area contributed by atoms with Crippen molar-refractivity contribution in [3.05, 3.63) is 23.6 Å². The number of rotatable bonds is 2. The van der Waals surface area contributed by atoms with Crippen LogP contribution in [0.5, 0.6) is 0 Å². The Balaban J connectivity index is 3.16. The first-order chi connectivity index (χ1) is 5.27. The van der Waals surface area contributed by atoms with Gasteiger partial charge in [-0.1, -0.05) is 12.7 Å². The fourth-order valence-electron chi connectivity index (χ4n) is 0.659. The van der Waals surface area contributed by atoms with Crippen molar-refractivity contribution in [3.8, 4) is 0 Å². The minimum atomic E-state index is 0.278. The van der Waals surface area contributed by atoms with Crippen LogP contribution < -0.4 is 0 Å². The van der Waals surface area contributed by atoms with Gasteiger partial charge in [0.15, 0.2) is 0 Å². The van der Waals surface area contributed by atoms with Crippen molar-refractivity contribution in [1.82, 2.24) is 9.97 Å². The van der Waals surface area contributed by atoms with Crippen LogP contribution in [-0.2, 0) is 0 Å². The molecule has 1 aromatic rings. The van der Waals surface area contributed by atoms with E-state index in [1.807, 2.05) is 6.26 Å². The Morgan fingerprint density at radius 2 is 2.45 bits per heavy atom. The van der Waals surface area contributed by atoms with Gasteiger partial charge in [0.2, 0.25) is 5.28 Å². The lowest BCUT2D eigenvalue weighted by atomic mass is 10.3. The maximum absolute atomic E-state index is 5.58. The quantitative estimate of drug-likeness (QED) is 0.403. The molecule has 58 valence electrons. The maximum atomic E-state index is 5.58. The molecule has 1 heterocycles. The summed E-state index contributed by atoms with van der Waals surface area (Å²) in [5.74, 6) is 0. The second kappa shape index (κ2) is 3.74. The van der Waals surface area contributed by atoms with Crippen molar-refractivity contribution < 1.29 is 0 Å². The first kappa shape index (κ1) is 8.56. The molecule has 11 heavy (non-hydrogen) atoms. The minimum absolute atomic E-state index is 0.278. The van der Waals surface area contributed by atoms with Crippen molar-refractivity contribution in [2.24, 2.45) is 0 Å². The normalized spacial score (nSPS) is 9.64. The van der Waals surface area contributed by atoms with E-state index >= 15 is 0 Å². The summed E-state index contributed by atoms with van der Waals surface area (Å²) < 4.78 is 0. The van der Waals surface area contributed by atoms with Crippen LogP contribution in [0, 0.1) is 0 Å². The van der Waals surface area contributed by atoms with E-state index in [1.165, 1.54) is 11.8 Å². The summed E-state index contributed by atoms with van der Waals surface area (Å²) in [7, 11) is 0. The number of aromatic nitrogens is 2. The largest absolute Gasteiger partial charge is 0.226 e. The van der Waals surface area contributed by atoms with E-state index in [0.29, 0.717) is 0 Å². The lowest BCUT2D eigenvalue weighted by Gasteiger charge is -1.99. The van der Waals surface area contributed by atoms with E-state index in [1.54, 1.807) is 12.3 Å². The van der Waals surface area contributed by atoms with Gasteiger partial charge in [0.05, 0.1) is 0 Å². The Kier molecular flexibility index (Phi) is 2.91. The average molecular weight is 187 g/mol. The molecule has 0 aliphatic carbocycles. The van der Waals surface area contributed by atoms with Gasteiger partial charge >= 0.3 is 0 Å². The van der Waals surface area contributed by atoms with Crippen molar-refractivity contribution >= 4 is 29.4 Å². The Labute approximate surface area is 74.7 Å². The summed E-state index contributed by atoms with van der Waals surface area (Å²) in [4.78, 5) is 7.84. The summed E-state index contributed by atoms with van der Waals surface area (Å²) >= 11 is 7.11. The molecule has 0 N–H and O–H groups in total. The van der Waals surface area contributed by atoms with Crippen LogP contribution in [0.2, 0.25) is 5.28 Å². The molecule has 0 aromatic carbocycles. The average Bonchev–Trinajstić information content (AvgIpc) is 2.04. The zero-order valence-corrected chi connectivity index (χ0v) is 7.61. The highest BCUT2D eigenvalue weighted by molar-refractivity contribution is 7.98. The van der Waals surface area contributed by atoms with E-state index in [-0.39, 0.29) is 5.28 Å². The SMILES string of the molecule is C=Cc1cnc(Cl)nc1SC. The highest BCUT2D eigenvalue weighted by Crippen LogP contribution is 2.18. The number of halogens is 1. The third-order valence-electron chi connectivity index (χ3n) is 1.16. The number of thioether (sulfide) groups is 1. The van der Waals surface area contributed by atoms with Crippen molar-refractivity contribution in [2.45, 2.75) is 5.03 Å². The van der Waals surface area contributed by atoms with Crippen molar-refractivity contribution in [3.63, 3.8) is 0 Å². The zero-order chi connectivity index (χ0) is 8.27. The highest BCUT2D eigenvalue weighted by atomic mass is 35.5. The third-order valence-corrected chi connectivity index (χ3v) is 2.06. The fourth-order valence-corrected chi connectivity index (χ4v) is 1.39. The predicted molar refractivity (Wildman–Crippen MR) is 48.9 cm³/mol. The second-order valence-corrected chi connectivity index (χ2v) is 2.94. The van der Waals surface area contributed by atoms with E-state index in [9.17, 15) is 0 Å². The standard InChI is InChI=1S/C7H7ClN2S/c1-3-5-4-9-7(8)10-6(5)11-2/h3-4H,1H2,2H3. The van der Waals surface area contributed by atoms with Gasteiger partial charge in [-0.3, -0.25) is 0 Å². The van der Waals surface area contributed by atoms with Gasteiger partial charge in [-0.05, 0) is 17.9 Å². The van der Waals surface area contributed by atoms with E-state index in [2.05, 4.69) is 16.5 Å². The first-order valence-electron chi connectivity index (χ1n) is 2.97. The van der Waals surface area contributed by atoms with Crippen LogP contribution in [0.4, 0.5) is 0 Å². The van der Waals surface area contributed by atoms with Gasteiger partial charge in [-0.15, -0.1) is 11.8 Å². The lowest BCUT2D eigenvalue weighted by Crippen LogP contribution is -1.88. The Hall–Kier alpha value is -0.540. The molecule has 0 unspecified atom stereocenters. The van der Waals surface area contributed by atoms with Crippen LogP contribution in [0.25, 0.3) is 6.08 Å². The van der Waals surface area contributed by atoms with Gasteiger partial charge in [0.25, 0.3) is 0 Å².